The average molecular weight is 554 g/mol. The number of hydrazone groups is 1. The van der Waals surface area contributed by atoms with Crippen molar-refractivity contribution in [2.24, 2.45) is 5.10 Å². The van der Waals surface area contributed by atoms with Gasteiger partial charge in [0, 0.05) is 16.2 Å². The van der Waals surface area contributed by atoms with Gasteiger partial charge < -0.3 is 14.2 Å². The van der Waals surface area contributed by atoms with Gasteiger partial charge in [0.2, 0.25) is 0 Å². The van der Waals surface area contributed by atoms with Crippen LogP contribution in [0.5, 0.6) is 17.2 Å². The van der Waals surface area contributed by atoms with Crippen LogP contribution in [0.2, 0.25) is 5.02 Å². The number of para-hydroxylation sites is 2. The second-order valence-corrected chi connectivity index (χ2v) is 9.19. The van der Waals surface area contributed by atoms with Crippen LogP contribution in [-0.4, -0.2) is 36.2 Å². The van der Waals surface area contributed by atoms with Crippen molar-refractivity contribution in [2.45, 2.75) is 13.0 Å². The molecule has 1 N–H and O–H groups in total. The molecule has 10 nitrogen and oxygen atoms in total. The molecule has 12 heteroatoms. The normalized spacial score (nSPS) is 11.8. The zero-order valence-corrected chi connectivity index (χ0v) is 21.6. The topological polar surface area (TPSA) is 129 Å². The maximum absolute atomic E-state index is 12.8. The van der Waals surface area contributed by atoms with Gasteiger partial charge >= 0.3 is 11.7 Å². The number of methoxy groups -OCH3 is 1. The molecule has 0 aliphatic heterocycles. The number of amides is 1. The van der Waals surface area contributed by atoms with Gasteiger partial charge in [0.25, 0.3) is 5.91 Å². The highest BCUT2D eigenvalue weighted by Crippen LogP contribution is 2.37. The molecule has 0 spiro atoms. The first kappa shape index (κ1) is 26.6. The number of fused-ring (bicyclic) bond motifs is 1. The SMILES string of the molecule is COc1cc(/C=N\NC(=O)[C@H](C)Oc2ccccc2[N+](=O)[O-])ccc1OC(=O)c1sc2ccccc2c1Cl. The van der Waals surface area contributed by atoms with Crippen LogP contribution < -0.4 is 19.6 Å². The molecule has 0 bridgehead atoms. The Bertz CT molecular complexity index is 1550. The summed E-state index contributed by atoms with van der Waals surface area (Å²) in [5, 5.41) is 16.1. The lowest BCUT2D eigenvalue weighted by Crippen LogP contribution is -2.33. The molecule has 1 aromatic heterocycles. The first-order valence-corrected chi connectivity index (χ1v) is 12.3. The largest absolute Gasteiger partial charge is 0.493 e. The first-order chi connectivity index (χ1) is 18.3. The summed E-state index contributed by atoms with van der Waals surface area (Å²) in [6.45, 7) is 1.44. The van der Waals surface area contributed by atoms with Crippen molar-refractivity contribution in [3.05, 3.63) is 92.3 Å². The van der Waals surface area contributed by atoms with E-state index in [4.69, 9.17) is 25.8 Å². The summed E-state index contributed by atoms with van der Waals surface area (Å²) in [7, 11) is 1.42. The van der Waals surface area contributed by atoms with Crippen molar-refractivity contribution in [2.75, 3.05) is 7.11 Å². The van der Waals surface area contributed by atoms with Crippen molar-refractivity contribution < 1.29 is 28.7 Å². The number of halogens is 1. The fourth-order valence-corrected chi connectivity index (χ4v) is 4.74. The van der Waals surface area contributed by atoms with E-state index >= 15 is 0 Å². The number of esters is 1. The number of benzene rings is 3. The highest BCUT2D eigenvalue weighted by atomic mass is 35.5. The smallest absolute Gasteiger partial charge is 0.355 e. The third kappa shape index (κ3) is 5.90. The molecule has 0 radical (unpaired) electrons. The Labute approximate surface area is 225 Å². The lowest BCUT2D eigenvalue weighted by Gasteiger charge is -2.12. The van der Waals surface area contributed by atoms with E-state index in [2.05, 4.69) is 10.5 Å². The van der Waals surface area contributed by atoms with Crippen LogP contribution in [0.1, 0.15) is 22.2 Å². The van der Waals surface area contributed by atoms with E-state index in [0.29, 0.717) is 10.6 Å². The molecule has 4 rings (SSSR count). The number of carbonyl (C=O) groups excluding carboxylic acids is 2. The lowest BCUT2D eigenvalue weighted by atomic mass is 10.2. The van der Waals surface area contributed by atoms with Crippen molar-refractivity contribution in [3.63, 3.8) is 0 Å². The summed E-state index contributed by atoms with van der Waals surface area (Å²) in [5.74, 6) is -0.818. The summed E-state index contributed by atoms with van der Waals surface area (Å²) < 4.78 is 17.2. The van der Waals surface area contributed by atoms with E-state index in [1.54, 1.807) is 18.2 Å². The monoisotopic (exact) mass is 553 g/mol. The average Bonchev–Trinajstić information content (AvgIpc) is 3.26. The Morgan fingerprint density at radius 2 is 1.82 bits per heavy atom. The second-order valence-electron chi connectivity index (χ2n) is 7.76. The van der Waals surface area contributed by atoms with Gasteiger partial charge in [0.15, 0.2) is 23.4 Å². The molecule has 1 amide bonds. The van der Waals surface area contributed by atoms with Gasteiger partial charge in [0.05, 0.1) is 23.3 Å². The maximum Gasteiger partial charge on any atom is 0.355 e. The van der Waals surface area contributed by atoms with Gasteiger partial charge in [-0.15, -0.1) is 11.3 Å². The Kier molecular flexibility index (Phi) is 8.19. The maximum atomic E-state index is 12.8. The van der Waals surface area contributed by atoms with Gasteiger partial charge in [-0.1, -0.05) is 41.9 Å². The summed E-state index contributed by atoms with van der Waals surface area (Å²) in [6.07, 6.45) is 0.303. The Balaban J connectivity index is 1.40. The second kappa shape index (κ2) is 11.7. The molecular weight excluding hydrogens is 534 g/mol. The van der Waals surface area contributed by atoms with Gasteiger partial charge in [-0.05, 0) is 42.8 Å². The minimum absolute atomic E-state index is 0.0315. The Morgan fingerprint density at radius 1 is 1.08 bits per heavy atom. The molecular formula is C26H20ClN3O7S. The van der Waals surface area contributed by atoms with Crippen molar-refractivity contribution in [1.29, 1.82) is 0 Å². The number of thiophene rings is 1. The summed E-state index contributed by atoms with van der Waals surface area (Å²) in [6, 6.07) is 17.9. The third-order valence-corrected chi connectivity index (χ3v) is 6.89. The number of nitro benzene ring substituents is 1. The van der Waals surface area contributed by atoms with Crippen LogP contribution >= 0.6 is 22.9 Å². The quantitative estimate of drug-likeness (QED) is 0.0937. The molecule has 4 aromatic rings. The number of hydrogen-bond donors (Lipinski definition) is 1. The fourth-order valence-electron chi connectivity index (χ4n) is 3.35. The Hall–Kier alpha value is -4.48. The number of nitrogens with one attached hydrogen (secondary N) is 1. The molecule has 1 heterocycles. The fraction of sp³-hybridized carbons (Fsp3) is 0.115. The Morgan fingerprint density at radius 3 is 2.55 bits per heavy atom. The molecule has 0 fully saturated rings. The highest BCUT2D eigenvalue weighted by molar-refractivity contribution is 7.21. The van der Waals surface area contributed by atoms with Crippen molar-refractivity contribution in [1.82, 2.24) is 5.43 Å². The van der Waals surface area contributed by atoms with E-state index in [0.717, 1.165) is 10.1 Å². The molecule has 0 aliphatic carbocycles. The summed E-state index contributed by atoms with van der Waals surface area (Å²) in [4.78, 5) is 35.9. The van der Waals surface area contributed by atoms with Gasteiger partial charge in [-0.25, -0.2) is 10.2 Å². The zero-order chi connectivity index (χ0) is 27.2. The predicted octanol–water partition coefficient (Wildman–Crippen LogP) is 5.61. The third-order valence-electron chi connectivity index (χ3n) is 5.23. The van der Waals surface area contributed by atoms with Gasteiger partial charge in [-0.2, -0.15) is 5.10 Å². The van der Waals surface area contributed by atoms with Crippen molar-refractivity contribution in [3.8, 4) is 17.2 Å². The van der Waals surface area contributed by atoms with E-state index in [-0.39, 0.29) is 27.8 Å². The van der Waals surface area contributed by atoms with Crippen molar-refractivity contribution >= 4 is 56.8 Å². The van der Waals surface area contributed by atoms with Crippen LogP contribution in [0.25, 0.3) is 10.1 Å². The lowest BCUT2D eigenvalue weighted by molar-refractivity contribution is -0.386. The standard InChI is InChI=1S/C26H20ClN3O7S/c1-15(36-19-9-5-4-8-18(19)30(33)34)25(31)29-28-14-16-11-12-20(21(13-16)35-2)37-26(32)24-23(27)17-7-3-6-10-22(17)38-24/h3-15H,1-2H3,(H,29,31)/b28-14-/t15-/m0/s1. The molecule has 194 valence electrons. The first-order valence-electron chi connectivity index (χ1n) is 11.1. The summed E-state index contributed by atoms with van der Waals surface area (Å²) in [5.41, 5.74) is 2.61. The van der Waals surface area contributed by atoms with Crippen LogP contribution in [-0.2, 0) is 4.79 Å². The van der Waals surface area contributed by atoms with Crippen LogP contribution in [0.3, 0.4) is 0 Å². The van der Waals surface area contributed by atoms with Gasteiger partial charge in [-0.3, -0.25) is 14.9 Å². The minimum Gasteiger partial charge on any atom is -0.493 e. The molecule has 38 heavy (non-hydrogen) atoms. The minimum atomic E-state index is -1.05. The molecule has 0 aliphatic rings. The molecule has 3 aromatic carbocycles. The van der Waals surface area contributed by atoms with Crippen LogP contribution in [0, 0.1) is 10.1 Å². The van der Waals surface area contributed by atoms with E-state index in [1.165, 1.54) is 55.9 Å². The number of carbonyl (C=O) groups is 2. The summed E-state index contributed by atoms with van der Waals surface area (Å²) >= 11 is 7.61. The predicted molar refractivity (Wildman–Crippen MR) is 144 cm³/mol. The molecule has 0 saturated carbocycles. The molecule has 1 atom stereocenters. The number of rotatable bonds is 9. The highest BCUT2D eigenvalue weighted by Gasteiger charge is 2.22. The van der Waals surface area contributed by atoms with E-state index in [1.807, 2.05) is 24.3 Å². The molecule has 0 unspecified atom stereocenters. The van der Waals surface area contributed by atoms with E-state index in [9.17, 15) is 19.7 Å². The van der Waals surface area contributed by atoms with Crippen LogP contribution in [0.4, 0.5) is 5.69 Å². The van der Waals surface area contributed by atoms with Crippen LogP contribution in [0.15, 0.2) is 71.8 Å². The number of ether oxygens (including phenoxy) is 3. The molecule has 0 saturated heterocycles. The number of nitro groups is 1. The zero-order valence-electron chi connectivity index (χ0n) is 20.0. The van der Waals surface area contributed by atoms with Gasteiger partial charge in [0.1, 0.15) is 4.88 Å². The number of hydrogen-bond acceptors (Lipinski definition) is 9. The number of nitrogens with zero attached hydrogens (tertiary/aromatic N) is 2. The van der Waals surface area contributed by atoms with E-state index < -0.39 is 22.9 Å².